The third-order valence-electron chi connectivity index (χ3n) is 3.79. The summed E-state index contributed by atoms with van der Waals surface area (Å²) in [6.07, 6.45) is 4.00. The van der Waals surface area contributed by atoms with Gasteiger partial charge in [0.25, 0.3) is 5.91 Å². The molecule has 0 bridgehead atoms. The topological polar surface area (TPSA) is 72.2 Å². The minimum absolute atomic E-state index is 0.117. The first kappa shape index (κ1) is 15.5. The zero-order valence-electron chi connectivity index (χ0n) is 13.3. The van der Waals surface area contributed by atoms with Gasteiger partial charge >= 0.3 is 0 Å². The molecule has 1 N–H and O–H groups in total. The fraction of sp³-hybridized carbons (Fsp3) is 0.111. The van der Waals surface area contributed by atoms with Crippen molar-refractivity contribution < 1.29 is 4.79 Å². The van der Waals surface area contributed by atoms with E-state index >= 15 is 0 Å². The molecule has 3 heterocycles. The molecule has 25 heavy (non-hydrogen) atoms. The summed E-state index contributed by atoms with van der Waals surface area (Å²) in [7, 11) is 0. The molecule has 124 valence electrons. The summed E-state index contributed by atoms with van der Waals surface area (Å²) < 4.78 is 1.72. The maximum absolute atomic E-state index is 12.2. The summed E-state index contributed by atoms with van der Waals surface area (Å²) in [6, 6.07) is 13.6. The number of carbonyl (C=O) groups is 1. The molecule has 0 fully saturated rings. The van der Waals surface area contributed by atoms with Crippen LogP contribution in [0.3, 0.4) is 0 Å². The highest BCUT2D eigenvalue weighted by Gasteiger charge is 2.08. The number of aromatic nitrogens is 4. The Hall–Kier alpha value is -3.06. The summed E-state index contributed by atoms with van der Waals surface area (Å²) in [4.78, 5) is 16.9. The van der Waals surface area contributed by atoms with E-state index in [1.165, 1.54) is 0 Å². The van der Waals surface area contributed by atoms with Crippen molar-refractivity contribution in [3.8, 4) is 10.6 Å². The highest BCUT2D eigenvalue weighted by Crippen LogP contribution is 2.23. The second kappa shape index (κ2) is 6.82. The summed E-state index contributed by atoms with van der Waals surface area (Å²) in [5.74, 6) is -0.117. The number of amides is 1. The van der Waals surface area contributed by atoms with Crippen LogP contribution in [0.2, 0.25) is 0 Å². The van der Waals surface area contributed by atoms with Gasteiger partial charge in [-0.1, -0.05) is 30.3 Å². The predicted molar refractivity (Wildman–Crippen MR) is 96.6 cm³/mol. The molecular formula is C18H15N5OS. The van der Waals surface area contributed by atoms with Crippen LogP contribution in [0.5, 0.6) is 0 Å². The lowest BCUT2D eigenvalue weighted by molar-refractivity contribution is 0.0953. The SMILES string of the molecule is O=C(NCCc1csc(-c2ccccc2)n1)c1ccc2nncn2c1. The molecule has 6 nitrogen and oxygen atoms in total. The molecule has 0 atom stereocenters. The van der Waals surface area contributed by atoms with E-state index in [0.717, 1.165) is 16.3 Å². The van der Waals surface area contributed by atoms with Crippen molar-refractivity contribution in [3.05, 3.63) is 71.6 Å². The summed E-state index contributed by atoms with van der Waals surface area (Å²) in [5.41, 5.74) is 3.39. The van der Waals surface area contributed by atoms with Gasteiger partial charge in [0.2, 0.25) is 0 Å². The molecule has 0 spiro atoms. The van der Waals surface area contributed by atoms with Gasteiger partial charge < -0.3 is 5.32 Å². The van der Waals surface area contributed by atoms with E-state index < -0.39 is 0 Å². The second-order valence-corrected chi connectivity index (χ2v) is 6.39. The molecule has 0 unspecified atom stereocenters. The number of benzene rings is 1. The third-order valence-corrected chi connectivity index (χ3v) is 4.73. The molecule has 0 saturated carbocycles. The van der Waals surface area contributed by atoms with Gasteiger partial charge in [-0.3, -0.25) is 9.20 Å². The number of hydrogen-bond donors (Lipinski definition) is 1. The van der Waals surface area contributed by atoms with Crippen molar-refractivity contribution in [2.24, 2.45) is 0 Å². The van der Waals surface area contributed by atoms with E-state index in [2.05, 4.69) is 20.5 Å². The number of fused-ring (bicyclic) bond motifs is 1. The summed E-state index contributed by atoms with van der Waals surface area (Å²) in [6.45, 7) is 0.539. The lowest BCUT2D eigenvalue weighted by Gasteiger charge is -2.04. The molecule has 3 aromatic heterocycles. The highest BCUT2D eigenvalue weighted by molar-refractivity contribution is 7.13. The molecule has 0 aliphatic rings. The van der Waals surface area contributed by atoms with Crippen LogP contribution < -0.4 is 5.32 Å². The molecule has 1 amide bonds. The number of nitrogens with one attached hydrogen (secondary N) is 1. The minimum Gasteiger partial charge on any atom is -0.352 e. The predicted octanol–water partition coefficient (Wildman–Crippen LogP) is 2.83. The second-order valence-electron chi connectivity index (χ2n) is 5.53. The van der Waals surface area contributed by atoms with Crippen molar-refractivity contribution in [2.45, 2.75) is 6.42 Å². The van der Waals surface area contributed by atoms with Gasteiger partial charge in [-0.05, 0) is 12.1 Å². The van der Waals surface area contributed by atoms with Gasteiger partial charge in [0, 0.05) is 30.1 Å². The normalized spacial score (nSPS) is 10.9. The Kier molecular flexibility index (Phi) is 4.22. The van der Waals surface area contributed by atoms with E-state index in [-0.39, 0.29) is 5.91 Å². The Morgan fingerprint density at radius 3 is 2.92 bits per heavy atom. The van der Waals surface area contributed by atoms with Crippen LogP contribution in [-0.4, -0.2) is 32.0 Å². The molecule has 0 aliphatic heterocycles. The van der Waals surface area contributed by atoms with E-state index in [0.29, 0.717) is 24.2 Å². The number of nitrogens with zero attached hydrogens (tertiary/aromatic N) is 4. The fourth-order valence-corrected chi connectivity index (χ4v) is 3.36. The number of hydrogen-bond acceptors (Lipinski definition) is 5. The maximum atomic E-state index is 12.2. The first-order chi connectivity index (χ1) is 12.3. The molecule has 0 aliphatic carbocycles. The minimum atomic E-state index is -0.117. The highest BCUT2D eigenvalue weighted by atomic mass is 32.1. The Bertz CT molecular complexity index is 1010. The van der Waals surface area contributed by atoms with Crippen molar-refractivity contribution in [1.29, 1.82) is 0 Å². The molecule has 0 saturated heterocycles. The van der Waals surface area contributed by atoms with E-state index in [4.69, 9.17) is 0 Å². The van der Waals surface area contributed by atoms with Crippen molar-refractivity contribution >= 4 is 22.9 Å². The molecule has 1 aromatic carbocycles. The zero-order valence-corrected chi connectivity index (χ0v) is 14.1. The molecule has 4 rings (SSSR count). The maximum Gasteiger partial charge on any atom is 0.252 e. The average molecular weight is 349 g/mol. The Balaban J connectivity index is 1.36. The van der Waals surface area contributed by atoms with Crippen molar-refractivity contribution in [1.82, 2.24) is 24.9 Å². The quantitative estimate of drug-likeness (QED) is 0.601. The Morgan fingerprint density at radius 2 is 2.04 bits per heavy atom. The summed E-state index contributed by atoms with van der Waals surface area (Å²) in [5, 5.41) is 13.7. The summed E-state index contributed by atoms with van der Waals surface area (Å²) >= 11 is 1.62. The van der Waals surface area contributed by atoms with Crippen molar-refractivity contribution in [3.63, 3.8) is 0 Å². The van der Waals surface area contributed by atoms with E-state index in [9.17, 15) is 4.79 Å². The van der Waals surface area contributed by atoms with Gasteiger partial charge in [-0.25, -0.2) is 4.98 Å². The fourth-order valence-electron chi connectivity index (χ4n) is 2.50. The first-order valence-electron chi connectivity index (χ1n) is 7.87. The Labute approximate surface area is 148 Å². The molecular weight excluding hydrogens is 334 g/mol. The van der Waals surface area contributed by atoms with Crippen molar-refractivity contribution in [2.75, 3.05) is 6.54 Å². The number of carbonyl (C=O) groups excluding carboxylic acids is 1. The molecule has 4 aromatic rings. The lowest BCUT2D eigenvalue weighted by Crippen LogP contribution is -2.26. The van der Waals surface area contributed by atoms with Gasteiger partial charge in [0.1, 0.15) is 11.3 Å². The zero-order chi connectivity index (χ0) is 17.1. The molecule has 7 heteroatoms. The number of rotatable bonds is 5. The standard InChI is InChI=1S/C18H15N5OS/c24-17(14-6-7-16-22-20-12-23(16)10-14)19-9-8-15-11-25-18(21-15)13-4-2-1-3-5-13/h1-7,10-12H,8-9H2,(H,19,24). The van der Waals surface area contributed by atoms with Crippen LogP contribution in [0.4, 0.5) is 0 Å². The van der Waals surface area contributed by atoms with Crippen LogP contribution in [0.1, 0.15) is 16.1 Å². The van der Waals surface area contributed by atoms with Crippen LogP contribution in [0.15, 0.2) is 60.4 Å². The largest absolute Gasteiger partial charge is 0.352 e. The third kappa shape index (κ3) is 3.41. The van der Waals surface area contributed by atoms with Crippen LogP contribution in [-0.2, 0) is 6.42 Å². The van der Waals surface area contributed by atoms with Crippen LogP contribution >= 0.6 is 11.3 Å². The monoisotopic (exact) mass is 349 g/mol. The Morgan fingerprint density at radius 1 is 1.16 bits per heavy atom. The smallest absolute Gasteiger partial charge is 0.252 e. The van der Waals surface area contributed by atoms with Gasteiger partial charge in [-0.2, -0.15) is 0 Å². The first-order valence-corrected chi connectivity index (χ1v) is 8.75. The average Bonchev–Trinajstić information content (AvgIpc) is 3.31. The van der Waals surface area contributed by atoms with E-state index in [1.54, 1.807) is 40.4 Å². The number of pyridine rings is 1. The van der Waals surface area contributed by atoms with Crippen LogP contribution in [0.25, 0.3) is 16.2 Å². The lowest BCUT2D eigenvalue weighted by atomic mass is 10.2. The van der Waals surface area contributed by atoms with Gasteiger partial charge in [-0.15, -0.1) is 21.5 Å². The van der Waals surface area contributed by atoms with Gasteiger partial charge in [0.15, 0.2) is 5.65 Å². The number of thiazole rings is 1. The van der Waals surface area contributed by atoms with Crippen LogP contribution in [0, 0.1) is 0 Å². The van der Waals surface area contributed by atoms with Gasteiger partial charge in [0.05, 0.1) is 11.3 Å². The molecule has 0 radical (unpaired) electrons. The van der Waals surface area contributed by atoms with E-state index in [1.807, 2.05) is 35.7 Å².